The highest BCUT2D eigenvalue weighted by Crippen LogP contribution is 2.20. The van der Waals surface area contributed by atoms with Gasteiger partial charge in [-0.3, -0.25) is 0 Å². The molecular formula is C17H21NO2. The van der Waals surface area contributed by atoms with E-state index < -0.39 is 0 Å². The maximum absolute atomic E-state index is 5.74. The van der Waals surface area contributed by atoms with Crippen molar-refractivity contribution in [3.05, 3.63) is 53.5 Å². The highest BCUT2D eigenvalue weighted by atomic mass is 16.5. The molecule has 1 saturated carbocycles. The quantitative estimate of drug-likeness (QED) is 0.834. The zero-order valence-corrected chi connectivity index (χ0v) is 11.9. The van der Waals surface area contributed by atoms with Crippen LogP contribution in [0.2, 0.25) is 0 Å². The summed E-state index contributed by atoms with van der Waals surface area (Å²) < 4.78 is 11.5. The molecule has 0 spiro atoms. The van der Waals surface area contributed by atoms with Gasteiger partial charge in [-0.1, -0.05) is 19.1 Å². The van der Waals surface area contributed by atoms with Crippen LogP contribution in [0.15, 0.2) is 40.8 Å². The fourth-order valence-corrected chi connectivity index (χ4v) is 2.10. The Morgan fingerprint density at radius 2 is 1.85 bits per heavy atom. The fraction of sp³-hybridized carbons (Fsp3) is 0.412. The minimum absolute atomic E-state index is 0.481. The van der Waals surface area contributed by atoms with E-state index in [1.807, 2.05) is 24.3 Å². The van der Waals surface area contributed by atoms with E-state index in [-0.39, 0.29) is 0 Å². The molecule has 1 N–H and O–H groups in total. The van der Waals surface area contributed by atoms with E-state index in [0.717, 1.165) is 30.2 Å². The molecule has 0 saturated heterocycles. The third-order valence-corrected chi connectivity index (χ3v) is 3.57. The third kappa shape index (κ3) is 3.64. The lowest BCUT2D eigenvalue weighted by molar-refractivity contribution is 0.265. The summed E-state index contributed by atoms with van der Waals surface area (Å²) in [4.78, 5) is 0. The van der Waals surface area contributed by atoms with Gasteiger partial charge in [0.2, 0.25) is 0 Å². The second-order valence-corrected chi connectivity index (χ2v) is 5.31. The Bertz CT molecular complexity index is 540. The van der Waals surface area contributed by atoms with Crippen LogP contribution < -0.4 is 10.1 Å². The Kier molecular flexibility index (Phi) is 4.07. The van der Waals surface area contributed by atoms with Crippen LogP contribution in [-0.4, -0.2) is 6.04 Å². The molecule has 1 aromatic carbocycles. The van der Waals surface area contributed by atoms with Crippen molar-refractivity contribution in [2.75, 3.05) is 0 Å². The molecule has 1 heterocycles. The molecule has 0 amide bonds. The second-order valence-electron chi connectivity index (χ2n) is 5.31. The molecule has 1 fully saturated rings. The highest BCUT2D eigenvalue weighted by Gasteiger charge is 2.20. The number of aryl methyl sites for hydroxylation is 1. The van der Waals surface area contributed by atoms with Crippen LogP contribution in [0.4, 0.5) is 0 Å². The molecule has 3 rings (SSSR count). The molecule has 1 aromatic heterocycles. The molecule has 0 atom stereocenters. The van der Waals surface area contributed by atoms with Gasteiger partial charge < -0.3 is 14.5 Å². The summed E-state index contributed by atoms with van der Waals surface area (Å²) in [6, 6.07) is 12.9. The Morgan fingerprint density at radius 3 is 2.55 bits per heavy atom. The number of hydrogen-bond acceptors (Lipinski definition) is 3. The van der Waals surface area contributed by atoms with Crippen molar-refractivity contribution in [3.63, 3.8) is 0 Å². The van der Waals surface area contributed by atoms with Crippen molar-refractivity contribution in [2.45, 2.75) is 45.4 Å². The third-order valence-electron chi connectivity index (χ3n) is 3.57. The van der Waals surface area contributed by atoms with Crippen LogP contribution in [0, 0.1) is 0 Å². The lowest BCUT2D eigenvalue weighted by Crippen LogP contribution is -2.14. The summed E-state index contributed by atoms with van der Waals surface area (Å²) in [5.74, 6) is 2.74. The van der Waals surface area contributed by atoms with Crippen LogP contribution >= 0.6 is 0 Å². The summed E-state index contributed by atoms with van der Waals surface area (Å²) in [6.45, 7) is 3.45. The maximum atomic E-state index is 5.74. The average molecular weight is 271 g/mol. The van der Waals surface area contributed by atoms with Crippen molar-refractivity contribution in [3.8, 4) is 5.75 Å². The summed E-state index contributed by atoms with van der Waals surface area (Å²) in [5, 5.41) is 3.44. The molecular weight excluding hydrogens is 250 g/mol. The smallest absolute Gasteiger partial charge is 0.146 e. The van der Waals surface area contributed by atoms with E-state index in [9.17, 15) is 0 Å². The Hall–Kier alpha value is -1.74. The molecule has 106 valence electrons. The average Bonchev–Trinajstić information content (AvgIpc) is 3.22. The zero-order chi connectivity index (χ0) is 13.8. The molecule has 3 nitrogen and oxygen atoms in total. The lowest BCUT2D eigenvalue weighted by Gasteiger charge is -2.05. The molecule has 0 unspecified atom stereocenters. The zero-order valence-electron chi connectivity index (χ0n) is 11.9. The first kappa shape index (κ1) is 13.3. The van der Waals surface area contributed by atoms with E-state index in [4.69, 9.17) is 9.15 Å². The summed E-state index contributed by atoms with van der Waals surface area (Å²) in [6.07, 6.45) is 3.64. The standard InChI is InChI=1S/C17H21NO2/c1-2-13-3-7-15(8-4-13)19-12-17-10-9-16(20-17)11-18-14-5-6-14/h3-4,7-10,14,18H,2,5-6,11-12H2,1H3. The fourth-order valence-electron chi connectivity index (χ4n) is 2.10. The minimum Gasteiger partial charge on any atom is -0.486 e. The van der Waals surface area contributed by atoms with Crippen LogP contribution in [0.5, 0.6) is 5.75 Å². The van der Waals surface area contributed by atoms with Crippen LogP contribution in [0.25, 0.3) is 0 Å². The lowest BCUT2D eigenvalue weighted by atomic mass is 10.2. The summed E-state index contributed by atoms with van der Waals surface area (Å²) in [5.41, 5.74) is 1.32. The van der Waals surface area contributed by atoms with Crippen LogP contribution in [0.3, 0.4) is 0 Å². The summed E-state index contributed by atoms with van der Waals surface area (Å²) in [7, 11) is 0. The van der Waals surface area contributed by atoms with E-state index in [0.29, 0.717) is 12.6 Å². The Labute approximate surface area is 119 Å². The second kappa shape index (κ2) is 6.14. The van der Waals surface area contributed by atoms with Gasteiger partial charge in [0.1, 0.15) is 23.9 Å². The van der Waals surface area contributed by atoms with Crippen molar-refractivity contribution in [2.24, 2.45) is 0 Å². The van der Waals surface area contributed by atoms with E-state index in [2.05, 4.69) is 24.4 Å². The molecule has 2 aromatic rings. The van der Waals surface area contributed by atoms with Gasteiger partial charge >= 0.3 is 0 Å². The molecule has 0 bridgehead atoms. The van der Waals surface area contributed by atoms with Crippen molar-refractivity contribution >= 4 is 0 Å². The number of nitrogens with one attached hydrogen (secondary N) is 1. The van der Waals surface area contributed by atoms with Crippen molar-refractivity contribution < 1.29 is 9.15 Å². The first-order valence-electron chi connectivity index (χ1n) is 7.36. The van der Waals surface area contributed by atoms with Gasteiger partial charge in [-0.15, -0.1) is 0 Å². The van der Waals surface area contributed by atoms with Gasteiger partial charge in [-0.2, -0.15) is 0 Å². The van der Waals surface area contributed by atoms with Crippen molar-refractivity contribution in [1.29, 1.82) is 0 Å². The van der Waals surface area contributed by atoms with Gasteiger partial charge in [0.25, 0.3) is 0 Å². The number of ether oxygens (including phenoxy) is 1. The molecule has 0 aliphatic heterocycles. The van der Waals surface area contributed by atoms with E-state index in [1.165, 1.54) is 18.4 Å². The van der Waals surface area contributed by atoms with Crippen molar-refractivity contribution in [1.82, 2.24) is 5.32 Å². The first-order chi connectivity index (χ1) is 9.83. The van der Waals surface area contributed by atoms with Gasteiger partial charge in [0.05, 0.1) is 6.54 Å². The molecule has 0 radical (unpaired) electrons. The Morgan fingerprint density at radius 1 is 1.10 bits per heavy atom. The number of hydrogen-bond donors (Lipinski definition) is 1. The first-order valence-corrected chi connectivity index (χ1v) is 7.36. The highest BCUT2D eigenvalue weighted by molar-refractivity contribution is 5.27. The number of rotatable bonds is 7. The van der Waals surface area contributed by atoms with Gasteiger partial charge in [-0.25, -0.2) is 0 Å². The SMILES string of the molecule is CCc1ccc(OCc2ccc(CNC3CC3)o2)cc1. The minimum atomic E-state index is 0.481. The predicted molar refractivity (Wildman–Crippen MR) is 78.7 cm³/mol. The molecule has 20 heavy (non-hydrogen) atoms. The largest absolute Gasteiger partial charge is 0.486 e. The van der Waals surface area contributed by atoms with Crippen LogP contribution in [0.1, 0.15) is 36.8 Å². The summed E-state index contributed by atoms with van der Waals surface area (Å²) >= 11 is 0. The normalized spacial score (nSPS) is 14.4. The van der Waals surface area contributed by atoms with E-state index >= 15 is 0 Å². The van der Waals surface area contributed by atoms with Gasteiger partial charge in [0, 0.05) is 6.04 Å². The van der Waals surface area contributed by atoms with Crippen LogP contribution in [-0.2, 0) is 19.6 Å². The topological polar surface area (TPSA) is 34.4 Å². The molecule has 1 aliphatic rings. The Balaban J connectivity index is 1.49. The molecule has 1 aliphatic carbocycles. The molecule has 3 heteroatoms. The van der Waals surface area contributed by atoms with Gasteiger partial charge in [0.15, 0.2) is 0 Å². The number of furan rings is 1. The van der Waals surface area contributed by atoms with E-state index in [1.54, 1.807) is 0 Å². The number of benzene rings is 1. The maximum Gasteiger partial charge on any atom is 0.146 e. The van der Waals surface area contributed by atoms with Gasteiger partial charge in [-0.05, 0) is 49.1 Å². The monoisotopic (exact) mass is 271 g/mol. The predicted octanol–water partition coefficient (Wildman–Crippen LogP) is 3.67.